The third-order valence-electron chi connectivity index (χ3n) is 2.31. The second-order valence-corrected chi connectivity index (χ2v) is 4.63. The number of hydrogen-bond acceptors (Lipinski definition) is 3. The number of nitrogens with zero attached hydrogens (tertiary/aromatic N) is 1. The highest BCUT2D eigenvalue weighted by molar-refractivity contribution is 7.98. The van der Waals surface area contributed by atoms with Crippen molar-refractivity contribution in [3.8, 4) is 6.07 Å². The Hall–Kier alpha value is -1.47. The Labute approximate surface area is 106 Å². The molecule has 1 amide bonds. The lowest BCUT2D eigenvalue weighted by atomic mass is 10.1. The van der Waals surface area contributed by atoms with Crippen molar-refractivity contribution >= 4 is 17.7 Å². The van der Waals surface area contributed by atoms with Crippen LogP contribution in [0.15, 0.2) is 24.3 Å². The minimum absolute atomic E-state index is 0.105. The fourth-order valence-electron chi connectivity index (χ4n) is 1.41. The molecule has 1 aromatic rings. The number of hydrogen-bond donors (Lipinski definition) is 1. The predicted octanol–water partition coefficient (Wildman–Crippen LogP) is 2.43. The van der Waals surface area contributed by atoms with E-state index in [-0.39, 0.29) is 5.91 Å². The van der Waals surface area contributed by atoms with Crippen molar-refractivity contribution in [2.45, 2.75) is 12.8 Å². The number of nitriles is 1. The smallest absolute Gasteiger partial charge is 0.251 e. The first-order valence-electron chi connectivity index (χ1n) is 5.55. The quantitative estimate of drug-likeness (QED) is 0.787. The van der Waals surface area contributed by atoms with Gasteiger partial charge in [0.15, 0.2) is 0 Å². The minimum Gasteiger partial charge on any atom is -0.352 e. The van der Waals surface area contributed by atoms with Crippen molar-refractivity contribution in [2.24, 2.45) is 0 Å². The highest BCUT2D eigenvalue weighted by Gasteiger charge is 2.04. The van der Waals surface area contributed by atoms with E-state index in [0.29, 0.717) is 17.7 Å². The molecule has 1 rings (SSSR count). The third-order valence-corrected chi connectivity index (χ3v) is 3.01. The maximum atomic E-state index is 11.7. The van der Waals surface area contributed by atoms with Crippen LogP contribution in [-0.2, 0) is 0 Å². The Balaban J connectivity index is 2.39. The van der Waals surface area contributed by atoms with Crippen LogP contribution in [0, 0.1) is 11.3 Å². The lowest BCUT2D eigenvalue weighted by Gasteiger charge is -2.04. The summed E-state index contributed by atoms with van der Waals surface area (Å²) in [5, 5.41) is 11.6. The Morgan fingerprint density at radius 2 is 2.29 bits per heavy atom. The van der Waals surface area contributed by atoms with E-state index in [4.69, 9.17) is 5.26 Å². The Bertz CT molecular complexity index is 412. The first kappa shape index (κ1) is 13.6. The normalized spacial score (nSPS) is 9.65. The topological polar surface area (TPSA) is 52.9 Å². The van der Waals surface area contributed by atoms with Crippen LogP contribution in [-0.4, -0.2) is 24.5 Å². The van der Waals surface area contributed by atoms with E-state index in [1.165, 1.54) is 0 Å². The van der Waals surface area contributed by atoms with Gasteiger partial charge in [0.2, 0.25) is 0 Å². The minimum atomic E-state index is -0.105. The lowest BCUT2D eigenvalue weighted by Crippen LogP contribution is -2.24. The standard InChI is InChI=1S/C13H16N2OS/c1-17-8-3-2-7-15-13(16)12-6-4-5-11(9-12)10-14/h4-6,9H,2-3,7-8H2,1H3,(H,15,16). The summed E-state index contributed by atoms with van der Waals surface area (Å²) in [6.07, 6.45) is 4.18. The molecule has 0 spiro atoms. The maximum Gasteiger partial charge on any atom is 0.251 e. The molecular weight excluding hydrogens is 232 g/mol. The van der Waals surface area contributed by atoms with Gasteiger partial charge in [0.25, 0.3) is 5.91 Å². The molecule has 4 heteroatoms. The second kappa shape index (κ2) is 7.75. The number of benzene rings is 1. The van der Waals surface area contributed by atoms with Crippen LogP contribution < -0.4 is 5.32 Å². The molecule has 0 radical (unpaired) electrons. The summed E-state index contributed by atoms with van der Waals surface area (Å²) in [4.78, 5) is 11.7. The zero-order valence-electron chi connectivity index (χ0n) is 9.90. The average molecular weight is 248 g/mol. The van der Waals surface area contributed by atoms with Crippen LogP contribution >= 0.6 is 11.8 Å². The molecule has 1 N–H and O–H groups in total. The van der Waals surface area contributed by atoms with Gasteiger partial charge in [-0.3, -0.25) is 4.79 Å². The van der Waals surface area contributed by atoms with Crippen molar-refractivity contribution in [2.75, 3.05) is 18.6 Å². The lowest BCUT2D eigenvalue weighted by molar-refractivity contribution is 0.0953. The molecule has 0 aliphatic rings. The number of carbonyl (C=O) groups excluding carboxylic acids is 1. The zero-order chi connectivity index (χ0) is 12.5. The molecule has 0 atom stereocenters. The SMILES string of the molecule is CSCCCCNC(=O)c1cccc(C#N)c1. The fourth-order valence-corrected chi connectivity index (χ4v) is 1.90. The first-order chi connectivity index (χ1) is 8.27. The first-order valence-corrected chi connectivity index (χ1v) is 6.94. The van der Waals surface area contributed by atoms with Gasteiger partial charge in [0.05, 0.1) is 11.6 Å². The van der Waals surface area contributed by atoms with Gasteiger partial charge in [0, 0.05) is 12.1 Å². The van der Waals surface area contributed by atoms with E-state index in [9.17, 15) is 4.79 Å². The van der Waals surface area contributed by atoms with Gasteiger partial charge in [-0.15, -0.1) is 0 Å². The van der Waals surface area contributed by atoms with Crippen molar-refractivity contribution in [3.63, 3.8) is 0 Å². The van der Waals surface area contributed by atoms with Gasteiger partial charge in [0.1, 0.15) is 0 Å². The molecule has 0 unspecified atom stereocenters. The molecule has 90 valence electrons. The number of amides is 1. The maximum absolute atomic E-state index is 11.7. The summed E-state index contributed by atoms with van der Waals surface area (Å²) in [7, 11) is 0. The van der Waals surface area contributed by atoms with E-state index in [2.05, 4.69) is 11.6 Å². The number of carbonyl (C=O) groups is 1. The summed E-state index contributed by atoms with van der Waals surface area (Å²) < 4.78 is 0. The van der Waals surface area contributed by atoms with Gasteiger partial charge in [-0.1, -0.05) is 6.07 Å². The molecule has 0 aliphatic carbocycles. The van der Waals surface area contributed by atoms with Crippen molar-refractivity contribution < 1.29 is 4.79 Å². The molecule has 0 heterocycles. The van der Waals surface area contributed by atoms with Crippen LogP contribution in [0.25, 0.3) is 0 Å². The van der Waals surface area contributed by atoms with E-state index in [1.54, 1.807) is 24.3 Å². The number of unbranched alkanes of at least 4 members (excludes halogenated alkanes) is 1. The van der Waals surface area contributed by atoms with Gasteiger partial charge < -0.3 is 5.32 Å². The highest BCUT2D eigenvalue weighted by Crippen LogP contribution is 2.04. The number of rotatable bonds is 6. The molecule has 17 heavy (non-hydrogen) atoms. The largest absolute Gasteiger partial charge is 0.352 e. The van der Waals surface area contributed by atoms with E-state index >= 15 is 0 Å². The summed E-state index contributed by atoms with van der Waals surface area (Å²) in [5.41, 5.74) is 1.06. The molecule has 0 aliphatic heterocycles. The summed E-state index contributed by atoms with van der Waals surface area (Å²) >= 11 is 1.81. The van der Waals surface area contributed by atoms with Gasteiger partial charge in [-0.05, 0) is 43.0 Å². The van der Waals surface area contributed by atoms with Gasteiger partial charge in [-0.2, -0.15) is 17.0 Å². The van der Waals surface area contributed by atoms with Crippen molar-refractivity contribution in [1.29, 1.82) is 5.26 Å². The van der Waals surface area contributed by atoms with E-state index < -0.39 is 0 Å². The third kappa shape index (κ3) is 4.92. The second-order valence-electron chi connectivity index (χ2n) is 3.65. The molecule has 0 aromatic heterocycles. The van der Waals surface area contributed by atoms with Gasteiger partial charge >= 0.3 is 0 Å². The van der Waals surface area contributed by atoms with Crippen LogP contribution in [0.5, 0.6) is 0 Å². The molecule has 0 fully saturated rings. The van der Waals surface area contributed by atoms with Crippen LogP contribution in [0.1, 0.15) is 28.8 Å². The van der Waals surface area contributed by atoms with Crippen molar-refractivity contribution in [3.05, 3.63) is 35.4 Å². The van der Waals surface area contributed by atoms with Gasteiger partial charge in [-0.25, -0.2) is 0 Å². The summed E-state index contributed by atoms with van der Waals surface area (Å²) in [6, 6.07) is 8.77. The monoisotopic (exact) mass is 248 g/mol. The molecule has 0 bridgehead atoms. The summed E-state index contributed by atoms with van der Waals surface area (Å²) in [6.45, 7) is 0.691. The fraction of sp³-hybridized carbons (Fsp3) is 0.385. The molecule has 0 saturated heterocycles. The molecule has 0 saturated carbocycles. The average Bonchev–Trinajstić information content (AvgIpc) is 2.38. The Morgan fingerprint density at radius 3 is 3.00 bits per heavy atom. The van der Waals surface area contributed by atoms with Crippen LogP contribution in [0.4, 0.5) is 0 Å². The Morgan fingerprint density at radius 1 is 1.47 bits per heavy atom. The molecular formula is C13H16N2OS. The van der Waals surface area contributed by atoms with Crippen LogP contribution in [0.2, 0.25) is 0 Å². The zero-order valence-corrected chi connectivity index (χ0v) is 10.7. The highest BCUT2D eigenvalue weighted by atomic mass is 32.2. The Kier molecular flexibility index (Phi) is 6.19. The summed E-state index contributed by atoms with van der Waals surface area (Å²) in [5.74, 6) is 1.02. The van der Waals surface area contributed by atoms with E-state index in [0.717, 1.165) is 18.6 Å². The van der Waals surface area contributed by atoms with Crippen molar-refractivity contribution in [1.82, 2.24) is 5.32 Å². The van der Waals surface area contributed by atoms with E-state index in [1.807, 2.05) is 17.8 Å². The number of thioether (sulfide) groups is 1. The molecule has 1 aromatic carbocycles. The number of nitrogens with one attached hydrogen (secondary N) is 1. The molecule has 3 nitrogen and oxygen atoms in total. The predicted molar refractivity (Wildman–Crippen MR) is 71.1 cm³/mol. The van der Waals surface area contributed by atoms with Crippen LogP contribution in [0.3, 0.4) is 0 Å².